The molecule has 1 aliphatic heterocycles. The molecule has 3 aromatic rings. The Balaban J connectivity index is 1.49. The monoisotopic (exact) mass is 434 g/mol. The second-order valence-corrected chi connectivity index (χ2v) is 7.58. The number of imidazole rings is 1. The molecule has 0 N–H and O–H groups in total. The normalized spacial score (nSPS) is 14.0. The number of aromatic nitrogens is 2. The molecule has 0 unspecified atom stereocenters. The molecular formula is C22H15FN4O3S. The van der Waals surface area contributed by atoms with E-state index in [1.807, 2.05) is 30.3 Å². The molecule has 2 heterocycles. The van der Waals surface area contributed by atoms with Crippen molar-refractivity contribution in [3.63, 3.8) is 0 Å². The second-order valence-electron chi connectivity index (χ2n) is 6.55. The molecule has 2 aromatic carbocycles. The van der Waals surface area contributed by atoms with E-state index in [1.54, 1.807) is 11.9 Å². The van der Waals surface area contributed by atoms with Crippen molar-refractivity contribution in [3.8, 4) is 11.8 Å². The highest BCUT2D eigenvalue weighted by molar-refractivity contribution is 8.03. The number of rotatable bonds is 5. The molecular weight excluding hydrogens is 419 g/mol. The van der Waals surface area contributed by atoms with Gasteiger partial charge in [0.2, 0.25) is 5.78 Å². The van der Waals surface area contributed by atoms with Gasteiger partial charge in [-0.25, -0.2) is 14.2 Å². The highest BCUT2D eigenvalue weighted by Crippen LogP contribution is 2.46. The van der Waals surface area contributed by atoms with E-state index in [0.717, 1.165) is 10.6 Å². The molecule has 0 radical (unpaired) electrons. The summed E-state index contributed by atoms with van der Waals surface area (Å²) < 4.78 is 19.7. The van der Waals surface area contributed by atoms with Crippen LogP contribution >= 0.6 is 11.8 Å². The summed E-state index contributed by atoms with van der Waals surface area (Å²) in [7, 11) is 1.77. The first-order chi connectivity index (χ1) is 15.0. The van der Waals surface area contributed by atoms with Crippen LogP contribution in [0.1, 0.15) is 10.5 Å². The van der Waals surface area contributed by atoms with Crippen LogP contribution in [0.5, 0.6) is 0 Å². The maximum atomic E-state index is 13.2. The highest BCUT2D eigenvalue weighted by atomic mass is 32.2. The van der Waals surface area contributed by atoms with Crippen molar-refractivity contribution >= 4 is 29.2 Å². The van der Waals surface area contributed by atoms with Crippen LogP contribution in [0.3, 0.4) is 0 Å². The molecule has 0 spiro atoms. The summed E-state index contributed by atoms with van der Waals surface area (Å²) >= 11 is 1.32. The zero-order valence-electron chi connectivity index (χ0n) is 16.3. The molecule has 1 aliphatic rings. The van der Waals surface area contributed by atoms with Crippen LogP contribution in [0.4, 0.5) is 10.1 Å². The standard InChI is InChI=1S/C22H15FN4O3S/c1-26-17-4-2-3-5-20(17)31-21(26)16(10-24)19(28)12-30-22(29)18-11-25-13-27(18)15-8-6-14(23)7-9-15/h2-9,11,13H,12H2,1H3/b21-16-. The van der Waals surface area contributed by atoms with Crippen molar-refractivity contribution in [2.75, 3.05) is 18.6 Å². The van der Waals surface area contributed by atoms with Gasteiger partial charge in [-0.05, 0) is 36.4 Å². The third-order valence-electron chi connectivity index (χ3n) is 4.63. The minimum Gasteiger partial charge on any atom is -0.453 e. The average Bonchev–Trinajstić information content (AvgIpc) is 3.39. The number of thioether (sulfide) groups is 1. The predicted molar refractivity (Wildman–Crippen MR) is 112 cm³/mol. The molecule has 0 fully saturated rings. The van der Waals surface area contributed by atoms with E-state index in [1.165, 1.54) is 53.1 Å². The maximum Gasteiger partial charge on any atom is 0.357 e. The third-order valence-corrected chi connectivity index (χ3v) is 5.87. The van der Waals surface area contributed by atoms with Crippen LogP contribution in [0.15, 0.2) is 76.6 Å². The van der Waals surface area contributed by atoms with E-state index < -0.39 is 24.2 Å². The van der Waals surface area contributed by atoms with Crippen LogP contribution in [0.2, 0.25) is 0 Å². The summed E-state index contributed by atoms with van der Waals surface area (Å²) in [5, 5.41) is 10.1. The number of ether oxygens (including phenoxy) is 1. The number of carbonyl (C=O) groups is 2. The number of fused-ring (bicyclic) bond motifs is 1. The molecule has 31 heavy (non-hydrogen) atoms. The summed E-state index contributed by atoms with van der Waals surface area (Å²) in [5.74, 6) is -1.80. The number of hydrogen-bond donors (Lipinski definition) is 0. The molecule has 7 nitrogen and oxygen atoms in total. The summed E-state index contributed by atoms with van der Waals surface area (Å²) in [6.45, 7) is -0.593. The minimum absolute atomic E-state index is 0.0744. The molecule has 0 saturated heterocycles. The molecule has 0 atom stereocenters. The van der Waals surface area contributed by atoms with Gasteiger partial charge in [0.1, 0.15) is 22.5 Å². The Labute approximate surface area is 181 Å². The van der Waals surface area contributed by atoms with E-state index in [0.29, 0.717) is 10.7 Å². The number of carbonyl (C=O) groups excluding carboxylic acids is 2. The quantitative estimate of drug-likeness (QED) is 0.344. The lowest BCUT2D eigenvalue weighted by Crippen LogP contribution is -2.20. The van der Waals surface area contributed by atoms with Gasteiger partial charge in [-0.1, -0.05) is 23.9 Å². The molecule has 0 bridgehead atoms. The van der Waals surface area contributed by atoms with Crippen LogP contribution in [0.25, 0.3) is 5.69 Å². The average molecular weight is 434 g/mol. The summed E-state index contributed by atoms with van der Waals surface area (Å²) in [6.07, 6.45) is 2.67. The van der Waals surface area contributed by atoms with E-state index >= 15 is 0 Å². The fourth-order valence-corrected chi connectivity index (χ4v) is 4.24. The predicted octanol–water partition coefficient (Wildman–Crippen LogP) is 3.71. The van der Waals surface area contributed by atoms with E-state index in [4.69, 9.17) is 4.74 Å². The number of nitrogens with zero attached hydrogens (tertiary/aromatic N) is 4. The molecule has 0 aliphatic carbocycles. The van der Waals surface area contributed by atoms with Crippen molar-refractivity contribution in [2.24, 2.45) is 0 Å². The molecule has 4 rings (SSSR count). The Hall–Kier alpha value is -3.90. The Morgan fingerprint density at radius 3 is 2.65 bits per heavy atom. The van der Waals surface area contributed by atoms with Gasteiger partial charge in [-0.15, -0.1) is 0 Å². The van der Waals surface area contributed by atoms with Crippen molar-refractivity contribution in [2.45, 2.75) is 4.90 Å². The number of anilines is 1. The van der Waals surface area contributed by atoms with E-state index in [9.17, 15) is 19.2 Å². The topological polar surface area (TPSA) is 88.2 Å². The van der Waals surface area contributed by atoms with Gasteiger partial charge in [0.25, 0.3) is 0 Å². The minimum atomic E-state index is -0.784. The van der Waals surface area contributed by atoms with Crippen LogP contribution in [-0.2, 0) is 9.53 Å². The SMILES string of the molecule is CN1/C(=C(\C#N)C(=O)COC(=O)c2cncn2-c2ccc(F)cc2)Sc2ccccc21. The van der Waals surface area contributed by atoms with Gasteiger partial charge in [0, 0.05) is 17.6 Å². The smallest absolute Gasteiger partial charge is 0.357 e. The fourth-order valence-electron chi connectivity index (χ4n) is 3.08. The van der Waals surface area contributed by atoms with Gasteiger partial charge in [-0.2, -0.15) is 5.26 Å². The lowest BCUT2D eigenvalue weighted by Gasteiger charge is -2.14. The summed E-state index contributed by atoms with van der Waals surface area (Å²) in [6, 6.07) is 15.0. The molecule has 1 aromatic heterocycles. The molecule has 154 valence electrons. The number of esters is 1. The lowest BCUT2D eigenvalue weighted by molar-refractivity contribution is -0.118. The number of halogens is 1. The lowest BCUT2D eigenvalue weighted by atomic mass is 10.2. The van der Waals surface area contributed by atoms with Crippen molar-refractivity contribution in [3.05, 3.63) is 83.2 Å². The van der Waals surface area contributed by atoms with Gasteiger partial charge in [-0.3, -0.25) is 9.36 Å². The highest BCUT2D eigenvalue weighted by Gasteiger charge is 2.28. The van der Waals surface area contributed by atoms with Crippen LogP contribution < -0.4 is 4.90 Å². The third kappa shape index (κ3) is 3.93. The Morgan fingerprint density at radius 1 is 1.19 bits per heavy atom. The number of para-hydroxylation sites is 1. The molecule has 9 heteroatoms. The first-order valence-electron chi connectivity index (χ1n) is 9.13. The first kappa shape index (κ1) is 20.4. The zero-order valence-corrected chi connectivity index (χ0v) is 17.1. The van der Waals surface area contributed by atoms with Crippen molar-refractivity contribution in [1.82, 2.24) is 9.55 Å². The zero-order chi connectivity index (χ0) is 22.0. The number of ketones is 1. The Bertz CT molecular complexity index is 1240. The van der Waals surface area contributed by atoms with Crippen LogP contribution in [0, 0.1) is 17.1 Å². The Kier molecular flexibility index (Phi) is 5.56. The summed E-state index contributed by atoms with van der Waals surface area (Å²) in [5.41, 5.74) is 1.40. The van der Waals surface area contributed by atoms with Crippen molar-refractivity contribution < 1.29 is 18.7 Å². The largest absolute Gasteiger partial charge is 0.453 e. The van der Waals surface area contributed by atoms with Gasteiger partial charge in [0.05, 0.1) is 18.2 Å². The van der Waals surface area contributed by atoms with Crippen molar-refractivity contribution in [1.29, 1.82) is 5.26 Å². The summed E-state index contributed by atoms with van der Waals surface area (Å²) in [4.78, 5) is 31.8. The van der Waals surface area contributed by atoms with Crippen LogP contribution in [-0.4, -0.2) is 35.0 Å². The number of benzene rings is 2. The molecule has 0 saturated carbocycles. The number of hydrogen-bond acceptors (Lipinski definition) is 7. The van der Waals surface area contributed by atoms with Gasteiger partial charge >= 0.3 is 5.97 Å². The van der Waals surface area contributed by atoms with E-state index in [2.05, 4.69) is 4.98 Å². The second kappa shape index (κ2) is 8.45. The molecule has 0 amide bonds. The van der Waals surface area contributed by atoms with E-state index in [-0.39, 0.29) is 11.3 Å². The number of nitriles is 1. The maximum absolute atomic E-state index is 13.2. The first-order valence-corrected chi connectivity index (χ1v) is 9.95. The van der Waals surface area contributed by atoms with Gasteiger partial charge < -0.3 is 9.64 Å². The van der Waals surface area contributed by atoms with Gasteiger partial charge in [0.15, 0.2) is 12.3 Å². The fraction of sp³-hybridized carbons (Fsp3) is 0.0909. The Morgan fingerprint density at radius 2 is 1.94 bits per heavy atom. The number of Topliss-reactive ketones (excluding diaryl/α,β-unsaturated/α-hetero) is 1.